The SMILES string of the molecule is Cc1cc(CO)c(C)cc1Br. The van der Waals surface area contributed by atoms with E-state index in [-0.39, 0.29) is 6.61 Å². The van der Waals surface area contributed by atoms with E-state index in [0.717, 1.165) is 15.6 Å². The highest BCUT2D eigenvalue weighted by atomic mass is 79.9. The van der Waals surface area contributed by atoms with E-state index in [1.807, 2.05) is 26.0 Å². The summed E-state index contributed by atoms with van der Waals surface area (Å²) < 4.78 is 1.10. The Hall–Kier alpha value is -0.340. The number of hydrogen-bond donors (Lipinski definition) is 1. The van der Waals surface area contributed by atoms with Crippen molar-refractivity contribution in [2.75, 3.05) is 0 Å². The van der Waals surface area contributed by atoms with E-state index < -0.39 is 0 Å². The van der Waals surface area contributed by atoms with Gasteiger partial charge in [0.1, 0.15) is 0 Å². The number of benzene rings is 1. The molecule has 0 amide bonds. The van der Waals surface area contributed by atoms with E-state index in [4.69, 9.17) is 5.11 Å². The second-order valence-corrected chi connectivity index (χ2v) is 3.54. The minimum atomic E-state index is 0.125. The first kappa shape index (κ1) is 8.75. The van der Waals surface area contributed by atoms with Gasteiger partial charge in [0.25, 0.3) is 0 Å². The molecule has 0 radical (unpaired) electrons. The second kappa shape index (κ2) is 3.37. The van der Waals surface area contributed by atoms with Crippen molar-refractivity contribution >= 4 is 15.9 Å². The van der Waals surface area contributed by atoms with Crippen LogP contribution in [0.1, 0.15) is 16.7 Å². The molecule has 2 heteroatoms. The Morgan fingerprint density at radius 2 is 1.91 bits per heavy atom. The Labute approximate surface area is 75.2 Å². The lowest BCUT2D eigenvalue weighted by molar-refractivity contribution is 0.281. The van der Waals surface area contributed by atoms with E-state index >= 15 is 0 Å². The molecule has 0 aliphatic heterocycles. The number of hydrogen-bond acceptors (Lipinski definition) is 1. The third-order valence-corrected chi connectivity index (χ3v) is 2.64. The summed E-state index contributed by atoms with van der Waals surface area (Å²) in [5, 5.41) is 8.92. The molecule has 0 saturated heterocycles. The summed E-state index contributed by atoms with van der Waals surface area (Å²) in [6.07, 6.45) is 0. The highest BCUT2D eigenvalue weighted by Crippen LogP contribution is 2.20. The number of halogens is 1. The van der Waals surface area contributed by atoms with Crippen LogP contribution in [0.15, 0.2) is 16.6 Å². The van der Waals surface area contributed by atoms with Crippen LogP contribution in [-0.4, -0.2) is 5.11 Å². The van der Waals surface area contributed by atoms with Crippen LogP contribution < -0.4 is 0 Å². The summed E-state index contributed by atoms with van der Waals surface area (Å²) in [7, 11) is 0. The fraction of sp³-hybridized carbons (Fsp3) is 0.333. The molecule has 60 valence electrons. The average Bonchev–Trinajstić information content (AvgIpc) is 1.97. The molecular formula is C9H11BrO. The van der Waals surface area contributed by atoms with E-state index in [1.54, 1.807) is 0 Å². The zero-order valence-electron chi connectivity index (χ0n) is 6.69. The Bertz CT molecular complexity index is 269. The lowest BCUT2D eigenvalue weighted by Gasteiger charge is -2.05. The minimum absolute atomic E-state index is 0.125. The summed E-state index contributed by atoms with van der Waals surface area (Å²) in [6.45, 7) is 4.14. The van der Waals surface area contributed by atoms with E-state index in [2.05, 4.69) is 15.9 Å². The molecule has 0 saturated carbocycles. The van der Waals surface area contributed by atoms with Gasteiger partial charge in [0.15, 0.2) is 0 Å². The molecule has 11 heavy (non-hydrogen) atoms. The van der Waals surface area contributed by atoms with Gasteiger partial charge in [-0.15, -0.1) is 0 Å². The molecule has 0 bridgehead atoms. The molecule has 0 heterocycles. The molecule has 1 N–H and O–H groups in total. The van der Waals surface area contributed by atoms with Gasteiger partial charge in [-0.05, 0) is 36.6 Å². The van der Waals surface area contributed by atoms with E-state index in [0.29, 0.717) is 0 Å². The van der Waals surface area contributed by atoms with Gasteiger partial charge < -0.3 is 5.11 Å². The second-order valence-electron chi connectivity index (χ2n) is 2.69. The standard InChI is InChI=1S/C9H11BrO/c1-6-4-9(10)7(2)3-8(6)5-11/h3-4,11H,5H2,1-2H3. The van der Waals surface area contributed by atoms with Gasteiger partial charge in [0, 0.05) is 4.47 Å². The number of aryl methyl sites for hydroxylation is 2. The van der Waals surface area contributed by atoms with Crippen molar-refractivity contribution < 1.29 is 5.11 Å². The molecule has 0 aliphatic carbocycles. The molecule has 0 unspecified atom stereocenters. The Morgan fingerprint density at radius 3 is 2.45 bits per heavy atom. The van der Waals surface area contributed by atoms with Crippen LogP contribution in [0.25, 0.3) is 0 Å². The van der Waals surface area contributed by atoms with Gasteiger partial charge in [0.2, 0.25) is 0 Å². The maximum absolute atomic E-state index is 8.92. The van der Waals surface area contributed by atoms with E-state index in [9.17, 15) is 0 Å². The lowest BCUT2D eigenvalue weighted by Crippen LogP contribution is -1.90. The van der Waals surface area contributed by atoms with Gasteiger partial charge in [-0.2, -0.15) is 0 Å². The van der Waals surface area contributed by atoms with Crippen LogP contribution in [-0.2, 0) is 6.61 Å². The van der Waals surface area contributed by atoms with Crippen LogP contribution in [0, 0.1) is 13.8 Å². The predicted molar refractivity (Wildman–Crippen MR) is 49.5 cm³/mol. The first-order valence-electron chi connectivity index (χ1n) is 3.51. The first-order valence-corrected chi connectivity index (χ1v) is 4.31. The highest BCUT2D eigenvalue weighted by Gasteiger charge is 2.00. The van der Waals surface area contributed by atoms with Crippen molar-refractivity contribution in [3.05, 3.63) is 33.3 Å². The zero-order chi connectivity index (χ0) is 8.43. The third-order valence-electron chi connectivity index (χ3n) is 1.79. The predicted octanol–water partition coefficient (Wildman–Crippen LogP) is 2.56. The molecule has 0 spiro atoms. The quantitative estimate of drug-likeness (QED) is 0.763. The molecule has 0 fully saturated rings. The molecule has 1 rings (SSSR count). The fourth-order valence-corrected chi connectivity index (χ4v) is 1.47. The van der Waals surface area contributed by atoms with Crippen molar-refractivity contribution in [1.82, 2.24) is 0 Å². The van der Waals surface area contributed by atoms with Crippen LogP contribution in [0.2, 0.25) is 0 Å². The number of aliphatic hydroxyl groups excluding tert-OH is 1. The maximum atomic E-state index is 8.92. The summed E-state index contributed by atoms with van der Waals surface area (Å²) in [6, 6.07) is 4.03. The topological polar surface area (TPSA) is 20.2 Å². The van der Waals surface area contributed by atoms with Crippen LogP contribution in [0.4, 0.5) is 0 Å². The third kappa shape index (κ3) is 1.82. The molecule has 0 aromatic heterocycles. The molecule has 1 nitrogen and oxygen atoms in total. The zero-order valence-corrected chi connectivity index (χ0v) is 8.27. The molecule has 1 aromatic rings. The summed E-state index contributed by atoms with van der Waals surface area (Å²) >= 11 is 3.43. The number of rotatable bonds is 1. The van der Waals surface area contributed by atoms with Crippen molar-refractivity contribution in [3.63, 3.8) is 0 Å². The van der Waals surface area contributed by atoms with Crippen molar-refractivity contribution in [2.45, 2.75) is 20.5 Å². The van der Waals surface area contributed by atoms with Crippen molar-refractivity contribution in [1.29, 1.82) is 0 Å². The van der Waals surface area contributed by atoms with E-state index in [1.165, 1.54) is 5.56 Å². The summed E-state index contributed by atoms with van der Waals surface area (Å²) in [5.41, 5.74) is 3.30. The lowest BCUT2D eigenvalue weighted by atomic mass is 10.1. The van der Waals surface area contributed by atoms with Crippen molar-refractivity contribution in [2.24, 2.45) is 0 Å². The summed E-state index contributed by atoms with van der Waals surface area (Å²) in [4.78, 5) is 0. The monoisotopic (exact) mass is 214 g/mol. The minimum Gasteiger partial charge on any atom is -0.392 e. The fourth-order valence-electron chi connectivity index (χ4n) is 1.01. The van der Waals surface area contributed by atoms with Gasteiger partial charge in [-0.3, -0.25) is 0 Å². The first-order chi connectivity index (χ1) is 5.15. The Kier molecular flexibility index (Phi) is 2.68. The molecule has 1 aromatic carbocycles. The number of aliphatic hydroxyl groups is 1. The Morgan fingerprint density at radius 1 is 1.27 bits per heavy atom. The van der Waals surface area contributed by atoms with Crippen molar-refractivity contribution in [3.8, 4) is 0 Å². The van der Waals surface area contributed by atoms with Gasteiger partial charge >= 0.3 is 0 Å². The molecule has 0 aliphatic rings. The maximum Gasteiger partial charge on any atom is 0.0684 e. The molecule has 0 atom stereocenters. The Balaban J connectivity index is 3.21. The van der Waals surface area contributed by atoms with Gasteiger partial charge in [-0.1, -0.05) is 22.0 Å². The van der Waals surface area contributed by atoms with Crippen LogP contribution >= 0.6 is 15.9 Å². The summed E-state index contributed by atoms with van der Waals surface area (Å²) in [5.74, 6) is 0. The van der Waals surface area contributed by atoms with Crippen LogP contribution in [0.5, 0.6) is 0 Å². The highest BCUT2D eigenvalue weighted by molar-refractivity contribution is 9.10. The average molecular weight is 215 g/mol. The smallest absolute Gasteiger partial charge is 0.0684 e. The molecular weight excluding hydrogens is 204 g/mol. The largest absolute Gasteiger partial charge is 0.392 e. The van der Waals surface area contributed by atoms with Crippen LogP contribution in [0.3, 0.4) is 0 Å². The normalized spacial score (nSPS) is 10.2. The van der Waals surface area contributed by atoms with Gasteiger partial charge in [-0.25, -0.2) is 0 Å². The van der Waals surface area contributed by atoms with Gasteiger partial charge in [0.05, 0.1) is 6.61 Å².